The minimum absolute atomic E-state index is 0.0490. The number of para-hydroxylation sites is 1. The van der Waals surface area contributed by atoms with Crippen LogP contribution >= 0.6 is 0 Å². The number of hydrogen-bond donors (Lipinski definition) is 3. The Balaban J connectivity index is 0.000000475. The summed E-state index contributed by atoms with van der Waals surface area (Å²) in [6, 6.07) is 15.0. The van der Waals surface area contributed by atoms with Crippen LogP contribution in [0, 0.1) is 12.8 Å². The fourth-order valence-electron chi connectivity index (χ4n) is 6.51. The van der Waals surface area contributed by atoms with Crippen molar-refractivity contribution in [2.24, 2.45) is 5.92 Å². The highest BCUT2D eigenvalue weighted by Gasteiger charge is 2.36. The minimum atomic E-state index is -0.334. The Hall–Kier alpha value is -3.84. The smallest absolute Gasteiger partial charge is 0.336 e. The van der Waals surface area contributed by atoms with E-state index in [1.165, 1.54) is 0 Å². The topological polar surface area (TPSA) is 96.9 Å². The molecule has 5 rings (SSSR count). The zero-order valence-electron chi connectivity index (χ0n) is 28.5. The number of esters is 1. The van der Waals surface area contributed by atoms with Crippen LogP contribution in [0.3, 0.4) is 0 Å². The van der Waals surface area contributed by atoms with Gasteiger partial charge in [-0.3, -0.25) is 4.79 Å². The number of ether oxygens (including phenoxy) is 2. The summed E-state index contributed by atoms with van der Waals surface area (Å²) in [5, 5.41) is 15.6. The van der Waals surface area contributed by atoms with Gasteiger partial charge in [0.25, 0.3) is 0 Å². The van der Waals surface area contributed by atoms with Gasteiger partial charge in [-0.1, -0.05) is 57.2 Å². The van der Waals surface area contributed by atoms with Crippen molar-refractivity contribution in [2.75, 3.05) is 14.2 Å². The summed E-state index contributed by atoms with van der Waals surface area (Å²) in [6.07, 6.45) is 5.15. The van der Waals surface area contributed by atoms with E-state index in [0.717, 1.165) is 46.7 Å². The van der Waals surface area contributed by atoms with Crippen molar-refractivity contribution in [3.05, 3.63) is 93.8 Å². The molecule has 4 atom stereocenters. The molecule has 7 nitrogen and oxygen atoms in total. The zero-order valence-corrected chi connectivity index (χ0v) is 28.5. The summed E-state index contributed by atoms with van der Waals surface area (Å²) in [7, 11) is 3.62. The fourth-order valence-corrected chi connectivity index (χ4v) is 6.51. The summed E-state index contributed by atoms with van der Waals surface area (Å²) < 4.78 is 11.6. The lowest BCUT2D eigenvalue weighted by Crippen LogP contribution is -2.38. The number of allylic oxidation sites excluding steroid dienone is 3. The molecule has 0 radical (unpaired) electrons. The average molecular weight is 617 g/mol. The highest BCUT2D eigenvalue weighted by molar-refractivity contribution is 6.01. The minimum Gasteiger partial charge on any atom is -0.508 e. The molecule has 3 N–H and O–H groups in total. The summed E-state index contributed by atoms with van der Waals surface area (Å²) in [5.41, 5.74) is 6.02. The number of aromatic hydroxyl groups is 1. The van der Waals surface area contributed by atoms with Crippen LogP contribution < -0.4 is 15.4 Å². The van der Waals surface area contributed by atoms with Gasteiger partial charge in [-0.05, 0) is 94.8 Å². The van der Waals surface area contributed by atoms with Crippen LogP contribution in [0.25, 0.3) is 0 Å². The van der Waals surface area contributed by atoms with Crippen LogP contribution in [0.2, 0.25) is 0 Å². The molecule has 0 bridgehead atoms. The van der Waals surface area contributed by atoms with E-state index in [4.69, 9.17) is 14.6 Å². The van der Waals surface area contributed by atoms with Gasteiger partial charge in [0.2, 0.25) is 0 Å². The molecule has 7 heteroatoms. The summed E-state index contributed by atoms with van der Waals surface area (Å²) in [5.74, 6) is 1.34. The molecular weight excluding hydrogens is 564 g/mol. The van der Waals surface area contributed by atoms with E-state index in [9.17, 15) is 9.59 Å². The summed E-state index contributed by atoms with van der Waals surface area (Å²) in [4.78, 5) is 26.5. The largest absolute Gasteiger partial charge is 0.508 e. The maximum atomic E-state index is 13.3. The standard InChI is InChI=1S/C29H38N2O4.C7H8O.C2H6/c1-17-11-27(18(2)16-29(4,15-17)30-5)35-28(33)22-14-23-24(31-19(22)3)12-20(13-25(23)32)21-9-7-8-10-26(21)34-6;1-6-3-2-4-7(8)5-6;1-2/h7-10,16-17,20,27,30-31H,11-15H2,1-6H3;2-5,8H,1H3;1-2H3/t17-,20+,27+,29?;;/m0../s1. The van der Waals surface area contributed by atoms with Gasteiger partial charge in [0, 0.05) is 41.3 Å². The molecule has 0 amide bonds. The Morgan fingerprint density at radius 3 is 2.40 bits per heavy atom. The number of aryl methyl sites for hydroxylation is 1. The lowest BCUT2D eigenvalue weighted by molar-refractivity contribution is -0.143. The maximum Gasteiger partial charge on any atom is 0.336 e. The highest BCUT2D eigenvalue weighted by Crippen LogP contribution is 2.41. The SMILES string of the molecule is CC.CNC1(C)C=C(C)[C@H](OC(=O)C2=C(C)NC3=C(C2)C(=O)C[C@H](c2ccccc2OC)C3)C[C@H](C)C1.Cc1cccc(O)c1. The van der Waals surface area contributed by atoms with Gasteiger partial charge >= 0.3 is 5.97 Å². The van der Waals surface area contributed by atoms with Crippen molar-refractivity contribution < 1.29 is 24.2 Å². The molecule has 1 heterocycles. The highest BCUT2D eigenvalue weighted by atomic mass is 16.5. The van der Waals surface area contributed by atoms with Gasteiger partial charge < -0.3 is 25.2 Å². The van der Waals surface area contributed by atoms with Crippen LogP contribution in [0.15, 0.2) is 82.7 Å². The third-order valence-electron chi connectivity index (χ3n) is 8.82. The summed E-state index contributed by atoms with van der Waals surface area (Å²) in [6.45, 7) is 14.3. The molecule has 1 unspecified atom stereocenters. The number of rotatable bonds is 5. The van der Waals surface area contributed by atoms with Gasteiger partial charge in [0.05, 0.1) is 12.7 Å². The predicted molar refractivity (Wildman–Crippen MR) is 181 cm³/mol. The monoisotopic (exact) mass is 616 g/mol. The van der Waals surface area contributed by atoms with Gasteiger partial charge in [0.15, 0.2) is 5.78 Å². The number of phenols is 1. The number of nitrogens with one attached hydrogen (secondary N) is 2. The Kier molecular flexibility index (Phi) is 12.6. The predicted octanol–water partition coefficient (Wildman–Crippen LogP) is 7.66. The van der Waals surface area contributed by atoms with Crippen molar-refractivity contribution in [1.82, 2.24) is 10.6 Å². The number of carbonyl (C=O) groups excluding carboxylic acids is 2. The van der Waals surface area contributed by atoms with E-state index in [-0.39, 0.29) is 29.3 Å². The molecule has 0 saturated carbocycles. The van der Waals surface area contributed by atoms with E-state index in [1.807, 2.05) is 78.1 Å². The van der Waals surface area contributed by atoms with Crippen molar-refractivity contribution in [3.63, 3.8) is 0 Å². The first kappa shape index (κ1) is 35.6. The van der Waals surface area contributed by atoms with Crippen LogP contribution in [0.4, 0.5) is 0 Å². The Morgan fingerprint density at radius 2 is 1.78 bits per heavy atom. The fraction of sp³-hybridized carbons (Fsp3) is 0.474. The third-order valence-corrected chi connectivity index (χ3v) is 8.82. The quantitative estimate of drug-likeness (QED) is 0.234. The number of Topliss-reactive ketones (excluding diaryl/α,β-unsaturated/α-hetero) is 1. The number of likely N-dealkylation sites (N-methyl/N-ethyl adjacent to an activating group) is 1. The van der Waals surface area contributed by atoms with E-state index in [0.29, 0.717) is 42.1 Å². The van der Waals surface area contributed by atoms with E-state index in [1.54, 1.807) is 19.2 Å². The lowest BCUT2D eigenvalue weighted by Gasteiger charge is -2.32. The third kappa shape index (κ3) is 9.10. The van der Waals surface area contributed by atoms with Crippen molar-refractivity contribution in [3.8, 4) is 11.5 Å². The first-order chi connectivity index (χ1) is 21.4. The maximum absolute atomic E-state index is 13.3. The molecule has 0 aromatic heterocycles. The Bertz CT molecular complexity index is 1440. The van der Waals surface area contributed by atoms with E-state index >= 15 is 0 Å². The molecule has 3 aliphatic rings. The molecule has 2 aromatic rings. The Labute approximate surface area is 269 Å². The first-order valence-corrected chi connectivity index (χ1v) is 16.1. The van der Waals surface area contributed by atoms with Crippen molar-refractivity contribution >= 4 is 11.8 Å². The molecule has 2 aromatic carbocycles. The molecule has 0 saturated heterocycles. The van der Waals surface area contributed by atoms with Gasteiger partial charge in [-0.2, -0.15) is 0 Å². The molecule has 45 heavy (non-hydrogen) atoms. The second-order valence-electron chi connectivity index (χ2n) is 12.5. The van der Waals surface area contributed by atoms with Gasteiger partial charge in [-0.25, -0.2) is 4.79 Å². The second-order valence-corrected chi connectivity index (χ2v) is 12.5. The second kappa shape index (κ2) is 15.9. The van der Waals surface area contributed by atoms with Crippen LogP contribution in [0.5, 0.6) is 11.5 Å². The summed E-state index contributed by atoms with van der Waals surface area (Å²) >= 11 is 0. The van der Waals surface area contributed by atoms with Crippen molar-refractivity contribution in [1.29, 1.82) is 0 Å². The normalized spacial score (nSPS) is 24.4. The number of ketones is 1. The molecular formula is C38H52N2O5. The van der Waals surface area contributed by atoms with Crippen LogP contribution in [-0.2, 0) is 14.3 Å². The molecule has 0 fully saturated rings. The number of dihydropyridines is 1. The van der Waals surface area contributed by atoms with Gasteiger partial charge in [-0.15, -0.1) is 0 Å². The zero-order chi connectivity index (χ0) is 33.3. The van der Waals surface area contributed by atoms with E-state index < -0.39 is 0 Å². The molecule has 0 spiro atoms. The van der Waals surface area contributed by atoms with Crippen LogP contribution in [-0.4, -0.2) is 42.7 Å². The average Bonchev–Trinajstić information content (AvgIpc) is 3.11. The number of phenolic OH excluding ortho intramolecular Hbond substituents is 1. The van der Waals surface area contributed by atoms with Gasteiger partial charge in [0.1, 0.15) is 17.6 Å². The number of hydrogen-bond acceptors (Lipinski definition) is 7. The Morgan fingerprint density at radius 1 is 1.07 bits per heavy atom. The van der Waals surface area contributed by atoms with Crippen molar-refractivity contribution in [2.45, 2.75) is 98.1 Å². The van der Waals surface area contributed by atoms with Crippen LogP contribution in [0.1, 0.15) is 90.7 Å². The molecule has 1 aliphatic heterocycles. The number of carbonyl (C=O) groups is 2. The number of methoxy groups -OCH3 is 1. The first-order valence-electron chi connectivity index (χ1n) is 16.1. The van der Waals surface area contributed by atoms with E-state index in [2.05, 4.69) is 30.6 Å². The lowest BCUT2D eigenvalue weighted by atomic mass is 9.78. The number of benzene rings is 2. The molecule has 244 valence electrons. The molecule has 2 aliphatic carbocycles.